The lowest BCUT2D eigenvalue weighted by atomic mass is 9.70. The van der Waals surface area contributed by atoms with Gasteiger partial charge >= 0.3 is 0 Å². The second-order valence-electron chi connectivity index (χ2n) is 10.0. The van der Waals surface area contributed by atoms with Gasteiger partial charge in [0.05, 0.1) is 5.60 Å². The van der Waals surface area contributed by atoms with E-state index >= 15 is 0 Å². The molecule has 0 saturated carbocycles. The highest BCUT2D eigenvalue weighted by Crippen LogP contribution is 2.36. The molecule has 1 aromatic carbocycles. The first-order valence-corrected chi connectivity index (χ1v) is 12.1. The molecule has 6 nitrogen and oxygen atoms in total. The Kier molecular flexibility index (Phi) is 8.30. The van der Waals surface area contributed by atoms with Crippen LogP contribution in [0.2, 0.25) is 0 Å². The summed E-state index contributed by atoms with van der Waals surface area (Å²) in [6.45, 7) is 16.2. The van der Waals surface area contributed by atoms with Crippen molar-refractivity contribution in [2.45, 2.75) is 32.8 Å². The second kappa shape index (κ2) is 11.0. The highest BCUT2D eigenvalue weighted by atomic mass is 16.3. The molecule has 1 unspecified atom stereocenters. The largest absolute Gasteiger partial charge is 0.387 e. The first-order chi connectivity index (χ1) is 16.6. The second-order valence-corrected chi connectivity index (χ2v) is 10.0. The van der Waals surface area contributed by atoms with E-state index in [1.807, 2.05) is 62.5 Å². The van der Waals surface area contributed by atoms with Crippen molar-refractivity contribution in [3.63, 3.8) is 0 Å². The molecule has 186 valence electrons. The summed E-state index contributed by atoms with van der Waals surface area (Å²) in [4.78, 5) is 11.6. The Balaban J connectivity index is 2.00. The van der Waals surface area contributed by atoms with Gasteiger partial charge in [0.15, 0.2) is 5.82 Å². The van der Waals surface area contributed by atoms with Crippen molar-refractivity contribution in [2.75, 3.05) is 39.0 Å². The quantitative estimate of drug-likeness (QED) is 0.446. The zero-order chi connectivity index (χ0) is 25.6. The minimum atomic E-state index is -0.863. The van der Waals surface area contributed by atoms with Gasteiger partial charge in [0.2, 0.25) is 0 Å². The Morgan fingerprint density at radius 3 is 2.74 bits per heavy atom. The molecule has 0 bridgehead atoms. The summed E-state index contributed by atoms with van der Waals surface area (Å²) >= 11 is 0. The number of hydrogen-bond acceptors (Lipinski definition) is 6. The third kappa shape index (κ3) is 6.08. The summed E-state index contributed by atoms with van der Waals surface area (Å²) in [6.07, 6.45) is 10.2. The van der Waals surface area contributed by atoms with Crippen molar-refractivity contribution in [1.82, 2.24) is 20.2 Å². The van der Waals surface area contributed by atoms with Crippen molar-refractivity contribution >= 4 is 17.0 Å². The van der Waals surface area contributed by atoms with Gasteiger partial charge in [-0.15, -0.1) is 0 Å². The van der Waals surface area contributed by atoms with Crippen LogP contribution in [0.3, 0.4) is 0 Å². The maximum absolute atomic E-state index is 11.5. The summed E-state index contributed by atoms with van der Waals surface area (Å²) in [5.41, 5.74) is 3.45. The van der Waals surface area contributed by atoms with Gasteiger partial charge in [0, 0.05) is 56.1 Å². The molecular formula is C29H39N5O. The number of allylic oxidation sites excluding steroid dienone is 5. The van der Waals surface area contributed by atoms with E-state index in [1.54, 1.807) is 6.20 Å². The van der Waals surface area contributed by atoms with E-state index in [0.29, 0.717) is 24.6 Å². The number of rotatable bonds is 9. The van der Waals surface area contributed by atoms with Crippen LogP contribution in [0.5, 0.6) is 0 Å². The van der Waals surface area contributed by atoms with E-state index in [1.165, 1.54) is 0 Å². The van der Waals surface area contributed by atoms with Crippen molar-refractivity contribution in [3.8, 4) is 11.4 Å². The summed E-state index contributed by atoms with van der Waals surface area (Å²) in [5, 5.41) is 18.3. The fraction of sp³-hybridized carbons (Fsp3) is 0.379. The van der Waals surface area contributed by atoms with Crippen LogP contribution in [0.1, 0.15) is 38.3 Å². The monoisotopic (exact) mass is 473 g/mol. The lowest BCUT2D eigenvalue weighted by Gasteiger charge is -2.46. The van der Waals surface area contributed by atoms with E-state index in [2.05, 4.69) is 54.8 Å². The van der Waals surface area contributed by atoms with Crippen molar-refractivity contribution in [1.29, 1.82) is 0 Å². The van der Waals surface area contributed by atoms with E-state index < -0.39 is 5.60 Å². The fourth-order valence-corrected chi connectivity index (χ4v) is 4.30. The molecule has 1 fully saturated rings. The van der Waals surface area contributed by atoms with Crippen molar-refractivity contribution in [3.05, 3.63) is 79.2 Å². The standard InChI is InChI=1S/C29H39N5O/c1-8-11-21(3)25-17-31-26(24-13-10-12-23(16-24)22(9-2)18-34(6)7)33-27(25)32-20-29(35)14-15-30-19-28(29,4)5/h8-13,16-18,30,35H,2-3,14-15,19-20H2,1,4-7H3,(H,31,32,33)/b11-8-,22-18+. The number of aromatic nitrogens is 2. The normalized spacial score (nSPS) is 20.0. The van der Waals surface area contributed by atoms with Gasteiger partial charge in [0.1, 0.15) is 5.82 Å². The number of benzene rings is 1. The molecule has 1 saturated heterocycles. The Labute approximate surface area is 210 Å². The fourth-order valence-electron chi connectivity index (χ4n) is 4.30. The number of anilines is 1. The van der Waals surface area contributed by atoms with Crippen LogP contribution in [0.25, 0.3) is 22.5 Å². The summed E-state index contributed by atoms with van der Waals surface area (Å²) in [6, 6.07) is 8.13. The topological polar surface area (TPSA) is 73.3 Å². The molecule has 35 heavy (non-hydrogen) atoms. The lowest BCUT2D eigenvalue weighted by molar-refractivity contribution is -0.0764. The first kappa shape index (κ1) is 26.4. The van der Waals surface area contributed by atoms with E-state index in [4.69, 9.17) is 4.98 Å². The Morgan fingerprint density at radius 2 is 2.09 bits per heavy atom. The SMILES string of the molecule is C=C/C(=C\N(C)C)c1cccc(-c2ncc(C(=C)/C=C\C)c(NCC3(O)CCNCC3(C)C)n2)c1. The number of nitrogens with one attached hydrogen (secondary N) is 2. The molecule has 0 radical (unpaired) electrons. The Bertz CT molecular complexity index is 1130. The van der Waals surface area contributed by atoms with Crippen LogP contribution in [0.15, 0.2) is 68.0 Å². The predicted molar refractivity (Wildman–Crippen MR) is 148 cm³/mol. The number of nitrogens with zero attached hydrogens (tertiary/aromatic N) is 3. The van der Waals surface area contributed by atoms with Gasteiger partial charge in [-0.1, -0.05) is 63.4 Å². The van der Waals surface area contributed by atoms with Gasteiger partial charge in [-0.05, 0) is 42.7 Å². The maximum Gasteiger partial charge on any atom is 0.161 e. The van der Waals surface area contributed by atoms with E-state index in [9.17, 15) is 5.11 Å². The molecule has 3 N–H and O–H groups in total. The van der Waals surface area contributed by atoms with Crippen LogP contribution in [-0.2, 0) is 0 Å². The number of hydrogen-bond donors (Lipinski definition) is 3. The van der Waals surface area contributed by atoms with Crippen LogP contribution in [0, 0.1) is 5.41 Å². The van der Waals surface area contributed by atoms with Crippen LogP contribution < -0.4 is 10.6 Å². The molecule has 1 aliphatic rings. The molecule has 2 heterocycles. The average Bonchev–Trinajstić information content (AvgIpc) is 2.83. The third-order valence-corrected chi connectivity index (χ3v) is 6.66. The number of aliphatic hydroxyl groups is 1. The van der Waals surface area contributed by atoms with E-state index in [0.717, 1.165) is 40.9 Å². The summed E-state index contributed by atoms with van der Waals surface area (Å²) in [5.74, 6) is 1.27. The van der Waals surface area contributed by atoms with Gasteiger partial charge in [-0.25, -0.2) is 9.97 Å². The molecule has 0 amide bonds. The van der Waals surface area contributed by atoms with Crippen LogP contribution in [-0.4, -0.2) is 59.3 Å². The van der Waals surface area contributed by atoms with Crippen molar-refractivity contribution < 1.29 is 5.11 Å². The summed E-state index contributed by atoms with van der Waals surface area (Å²) in [7, 11) is 3.98. The number of piperidine rings is 1. The van der Waals surface area contributed by atoms with Gasteiger partial charge in [-0.3, -0.25) is 0 Å². The highest BCUT2D eigenvalue weighted by molar-refractivity contribution is 5.80. The molecule has 1 aromatic heterocycles. The molecule has 0 spiro atoms. The molecule has 1 atom stereocenters. The van der Waals surface area contributed by atoms with Crippen molar-refractivity contribution in [2.24, 2.45) is 5.41 Å². The first-order valence-electron chi connectivity index (χ1n) is 12.1. The molecule has 1 aliphatic heterocycles. The smallest absolute Gasteiger partial charge is 0.161 e. The Morgan fingerprint density at radius 1 is 1.31 bits per heavy atom. The van der Waals surface area contributed by atoms with Crippen LogP contribution in [0.4, 0.5) is 5.82 Å². The van der Waals surface area contributed by atoms with Crippen LogP contribution >= 0.6 is 0 Å². The van der Waals surface area contributed by atoms with E-state index in [-0.39, 0.29) is 5.41 Å². The van der Waals surface area contributed by atoms with Gasteiger partial charge < -0.3 is 20.6 Å². The predicted octanol–water partition coefficient (Wildman–Crippen LogP) is 4.98. The van der Waals surface area contributed by atoms with Gasteiger partial charge in [-0.2, -0.15) is 0 Å². The molecular weight excluding hydrogens is 434 g/mol. The highest BCUT2D eigenvalue weighted by Gasteiger charge is 2.45. The average molecular weight is 474 g/mol. The molecule has 2 aromatic rings. The van der Waals surface area contributed by atoms with Gasteiger partial charge in [0.25, 0.3) is 0 Å². The zero-order valence-corrected chi connectivity index (χ0v) is 21.7. The zero-order valence-electron chi connectivity index (χ0n) is 21.7. The third-order valence-electron chi connectivity index (χ3n) is 6.66. The maximum atomic E-state index is 11.5. The lowest BCUT2D eigenvalue weighted by Crippen LogP contribution is -2.59. The Hall–Kier alpha value is -3.22. The molecule has 0 aliphatic carbocycles. The molecule has 3 rings (SSSR count). The minimum Gasteiger partial charge on any atom is -0.387 e. The summed E-state index contributed by atoms with van der Waals surface area (Å²) < 4.78 is 0. The minimum absolute atomic E-state index is 0.275. The molecule has 6 heteroatoms.